The van der Waals surface area contributed by atoms with Crippen LogP contribution in [0.4, 0.5) is 5.69 Å². The molecule has 0 fully saturated rings. The fourth-order valence-electron chi connectivity index (χ4n) is 1.58. The fraction of sp³-hybridized carbons (Fsp3) is 0.167. The van der Waals surface area contributed by atoms with Gasteiger partial charge in [-0.05, 0) is 12.1 Å². The number of hydrogen-bond donors (Lipinski definition) is 1. The van der Waals surface area contributed by atoms with Gasteiger partial charge in [0.15, 0.2) is 0 Å². The normalized spacial score (nSPS) is 10.2. The maximum atomic E-state index is 11.8. The van der Waals surface area contributed by atoms with Crippen molar-refractivity contribution in [2.75, 3.05) is 6.54 Å². The zero-order valence-electron chi connectivity index (χ0n) is 10.3. The Bertz CT molecular complexity index is 624. The van der Waals surface area contributed by atoms with Gasteiger partial charge in [-0.15, -0.1) is 0 Å². The Morgan fingerprint density at radius 3 is 2.65 bits per heavy atom. The van der Waals surface area contributed by atoms with Crippen molar-refractivity contribution in [2.24, 2.45) is 0 Å². The molecule has 1 heterocycles. The molecular formula is C12H11ClN4O3. The molecule has 0 radical (unpaired) electrons. The summed E-state index contributed by atoms with van der Waals surface area (Å²) in [5.74, 6) is -0.293. The summed E-state index contributed by atoms with van der Waals surface area (Å²) in [6.07, 6.45) is 3.17. The van der Waals surface area contributed by atoms with Crippen LogP contribution in [0.1, 0.15) is 10.4 Å². The van der Waals surface area contributed by atoms with Crippen LogP contribution in [-0.2, 0) is 6.54 Å². The van der Waals surface area contributed by atoms with Crippen LogP contribution in [0.25, 0.3) is 0 Å². The number of aromatic nitrogens is 2. The van der Waals surface area contributed by atoms with Crippen LogP contribution in [0.15, 0.2) is 36.7 Å². The van der Waals surface area contributed by atoms with Gasteiger partial charge in [0.05, 0.1) is 22.7 Å². The number of halogens is 1. The largest absolute Gasteiger partial charge is 0.350 e. The van der Waals surface area contributed by atoms with E-state index in [0.29, 0.717) is 23.7 Å². The zero-order valence-corrected chi connectivity index (χ0v) is 11.1. The van der Waals surface area contributed by atoms with Crippen molar-refractivity contribution in [2.45, 2.75) is 6.54 Å². The predicted octanol–water partition coefficient (Wildman–Crippen LogP) is 1.87. The molecule has 104 valence electrons. The van der Waals surface area contributed by atoms with Gasteiger partial charge < -0.3 is 5.32 Å². The molecule has 1 N–H and O–H groups in total. The van der Waals surface area contributed by atoms with Gasteiger partial charge in [0.2, 0.25) is 0 Å². The zero-order chi connectivity index (χ0) is 14.5. The Labute approximate surface area is 119 Å². The molecule has 0 aliphatic heterocycles. The topological polar surface area (TPSA) is 90.1 Å². The van der Waals surface area contributed by atoms with Crippen LogP contribution in [-0.4, -0.2) is 27.2 Å². The molecule has 0 aliphatic rings. The highest BCUT2D eigenvalue weighted by Gasteiger charge is 2.08. The molecule has 0 bridgehead atoms. The third-order valence-electron chi connectivity index (χ3n) is 2.57. The minimum Gasteiger partial charge on any atom is -0.350 e. The first-order valence-electron chi connectivity index (χ1n) is 5.77. The van der Waals surface area contributed by atoms with E-state index in [2.05, 4.69) is 10.4 Å². The number of benzene rings is 1. The summed E-state index contributed by atoms with van der Waals surface area (Å²) in [7, 11) is 0. The van der Waals surface area contributed by atoms with Crippen LogP contribution in [0.5, 0.6) is 0 Å². The van der Waals surface area contributed by atoms with Crippen molar-refractivity contribution in [1.29, 1.82) is 0 Å². The predicted molar refractivity (Wildman–Crippen MR) is 72.7 cm³/mol. The molecule has 2 aromatic rings. The molecule has 0 saturated heterocycles. The highest BCUT2D eigenvalue weighted by molar-refractivity contribution is 6.30. The average Bonchev–Trinajstić information content (AvgIpc) is 2.84. The van der Waals surface area contributed by atoms with Gasteiger partial charge in [0, 0.05) is 30.4 Å². The second kappa shape index (κ2) is 6.16. The van der Waals surface area contributed by atoms with E-state index in [0.717, 1.165) is 0 Å². The first-order chi connectivity index (χ1) is 9.56. The van der Waals surface area contributed by atoms with Crippen LogP contribution in [0.3, 0.4) is 0 Å². The van der Waals surface area contributed by atoms with Crippen molar-refractivity contribution >= 4 is 23.2 Å². The quantitative estimate of drug-likeness (QED) is 0.673. The standard InChI is InChI=1S/C12H11ClN4O3/c13-10-7-15-16(8-10)6-5-14-12(18)9-1-3-11(4-2-9)17(19)20/h1-4,7-8H,5-6H2,(H,14,18). The van der Waals surface area contributed by atoms with Gasteiger partial charge in [0.1, 0.15) is 0 Å². The molecule has 2 rings (SSSR count). The summed E-state index contributed by atoms with van der Waals surface area (Å²) < 4.78 is 1.61. The highest BCUT2D eigenvalue weighted by Crippen LogP contribution is 2.11. The van der Waals surface area contributed by atoms with Crippen molar-refractivity contribution < 1.29 is 9.72 Å². The van der Waals surface area contributed by atoms with Gasteiger partial charge in [-0.25, -0.2) is 0 Å². The summed E-state index contributed by atoms with van der Waals surface area (Å²) in [6.45, 7) is 0.874. The van der Waals surface area contributed by atoms with Gasteiger partial charge >= 0.3 is 0 Å². The molecular weight excluding hydrogens is 284 g/mol. The lowest BCUT2D eigenvalue weighted by Gasteiger charge is -2.05. The highest BCUT2D eigenvalue weighted by atomic mass is 35.5. The average molecular weight is 295 g/mol. The Balaban J connectivity index is 1.86. The smallest absolute Gasteiger partial charge is 0.269 e. The number of carbonyl (C=O) groups is 1. The number of rotatable bonds is 5. The number of hydrogen-bond acceptors (Lipinski definition) is 4. The lowest BCUT2D eigenvalue weighted by Crippen LogP contribution is -2.27. The summed E-state index contributed by atoms with van der Waals surface area (Å²) in [5.41, 5.74) is 0.321. The Morgan fingerprint density at radius 1 is 1.40 bits per heavy atom. The van der Waals surface area contributed by atoms with E-state index in [1.807, 2.05) is 0 Å². The van der Waals surface area contributed by atoms with Crippen molar-refractivity contribution in [3.63, 3.8) is 0 Å². The maximum Gasteiger partial charge on any atom is 0.269 e. The summed E-state index contributed by atoms with van der Waals surface area (Å²) in [6, 6.07) is 5.42. The van der Waals surface area contributed by atoms with E-state index in [9.17, 15) is 14.9 Å². The SMILES string of the molecule is O=C(NCCn1cc(Cl)cn1)c1ccc([N+](=O)[O-])cc1. The first-order valence-corrected chi connectivity index (χ1v) is 6.14. The molecule has 0 saturated carbocycles. The first kappa shape index (κ1) is 14.0. The number of nitrogens with one attached hydrogen (secondary N) is 1. The Kier molecular flexibility index (Phi) is 4.31. The van der Waals surface area contributed by atoms with Crippen LogP contribution >= 0.6 is 11.6 Å². The molecule has 1 aromatic heterocycles. The van der Waals surface area contributed by atoms with Gasteiger partial charge in [-0.3, -0.25) is 19.6 Å². The molecule has 0 unspecified atom stereocenters. The van der Waals surface area contributed by atoms with Crippen molar-refractivity contribution in [1.82, 2.24) is 15.1 Å². The summed E-state index contributed by atoms with van der Waals surface area (Å²) in [5, 5.41) is 17.7. The van der Waals surface area contributed by atoms with Crippen molar-refractivity contribution in [3.05, 3.63) is 57.4 Å². The van der Waals surface area contributed by atoms with Crippen molar-refractivity contribution in [3.8, 4) is 0 Å². The Morgan fingerprint density at radius 2 is 2.10 bits per heavy atom. The molecule has 8 heteroatoms. The number of nitrogens with zero attached hydrogens (tertiary/aromatic N) is 3. The van der Waals surface area contributed by atoms with E-state index < -0.39 is 4.92 Å². The number of carbonyl (C=O) groups excluding carboxylic acids is 1. The van der Waals surface area contributed by atoms with Gasteiger partial charge in [0.25, 0.3) is 11.6 Å². The van der Waals surface area contributed by atoms with Crippen LogP contribution in [0.2, 0.25) is 5.02 Å². The molecule has 0 aliphatic carbocycles. The van der Waals surface area contributed by atoms with E-state index >= 15 is 0 Å². The molecule has 0 spiro atoms. The lowest BCUT2D eigenvalue weighted by molar-refractivity contribution is -0.384. The molecule has 1 aromatic carbocycles. The van der Waals surface area contributed by atoms with E-state index in [1.54, 1.807) is 10.9 Å². The summed E-state index contributed by atoms with van der Waals surface area (Å²) in [4.78, 5) is 21.8. The number of non-ortho nitro benzene ring substituents is 1. The van der Waals surface area contributed by atoms with Gasteiger partial charge in [-0.2, -0.15) is 5.10 Å². The second-order valence-corrected chi connectivity index (χ2v) is 4.42. The number of nitro groups is 1. The second-order valence-electron chi connectivity index (χ2n) is 3.98. The van der Waals surface area contributed by atoms with Crippen LogP contribution in [0, 0.1) is 10.1 Å². The minimum absolute atomic E-state index is 0.0484. The lowest BCUT2D eigenvalue weighted by atomic mass is 10.2. The van der Waals surface area contributed by atoms with E-state index in [4.69, 9.17) is 11.6 Å². The van der Waals surface area contributed by atoms with E-state index in [1.165, 1.54) is 30.5 Å². The monoisotopic (exact) mass is 294 g/mol. The third kappa shape index (κ3) is 3.55. The molecule has 7 nitrogen and oxygen atoms in total. The third-order valence-corrected chi connectivity index (χ3v) is 2.76. The molecule has 0 atom stereocenters. The number of amides is 1. The molecule has 1 amide bonds. The maximum absolute atomic E-state index is 11.8. The number of nitro benzene ring substituents is 1. The molecule has 20 heavy (non-hydrogen) atoms. The minimum atomic E-state index is -0.511. The van der Waals surface area contributed by atoms with Crippen LogP contribution < -0.4 is 5.32 Å². The van der Waals surface area contributed by atoms with E-state index in [-0.39, 0.29) is 11.6 Å². The van der Waals surface area contributed by atoms with Gasteiger partial charge in [-0.1, -0.05) is 11.6 Å². The Hall–Kier alpha value is -2.41. The fourth-order valence-corrected chi connectivity index (χ4v) is 1.74. The summed E-state index contributed by atoms with van der Waals surface area (Å²) >= 11 is 5.71.